The second kappa shape index (κ2) is 6.41. The SMILES string of the molecule is CNC(=S)N1CCCC1=NNc1cccc(Cl)c1Cl. The predicted molar refractivity (Wildman–Crippen MR) is 85.1 cm³/mol. The van der Waals surface area contributed by atoms with Crippen LogP contribution < -0.4 is 10.7 Å². The summed E-state index contributed by atoms with van der Waals surface area (Å²) in [6.07, 6.45) is 1.92. The molecular weight excluding hydrogens is 303 g/mol. The van der Waals surface area contributed by atoms with Gasteiger partial charge in [-0.05, 0) is 30.8 Å². The first kappa shape index (κ1) is 14.4. The minimum atomic E-state index is 0.467. The Hall–Kier alpha value is -1.04. The van der Waals surface area contributed by atoms with E-state index in [4.69, 9.17) is 35.4 Å². The molecule has 0 atom stereocenters. The molecule has 4 nitrogen and oxygen atoms in total. The Labute approximate surface area is 127 Å². The van der Waals surface area contributed by atoms with E-state index in [0.717, 1.165) is 25.2 Å². The van der Waals surface area contributed by atoms with Gasteiger partial charge < -0.3 is 10.2 Å². The van der Waals surface area contributed by atoms with Crippen molar-refractivity contribution in [2.75, 3.05) is 19.0 Å². The summed E-state index contributed by atoms with van der Waals surface area (Å²) in [7, 11) is 1.81. The highest BCUT2D eigenvalue weighted by Gasteiger charge is 2.21. The van der Waals surface area contributed by atoms with Gasteiger partial charge in [-0.1, -0.05) is 29.3 Å². The maximum absolute atomic E-state index is 6.09. The van der Waals surface area contributed by atoms with Crippen LogP contribution in [0.2, 0.25) is 10.0 Å². The molecule has 1 aromatic carbocycles. The summed E-state index contributed by atoms with van der Waals surface area (Å²) in [6, 6.07) is 5.38. The van der Waals surface area contributed by atoms with Gasteiger partial charge in [0.15, 0.2) is 5.11 Å². The zero-order valence-electron chi connectivity index (χ0n) is 10.4. The minimum absolute atomic E-state index is 0.467. The lowest BCUT2D eigenvalue weighted by molar-refractivity contribution is 0.644. The minimum Gasteiger partial charge on any atom is -0.365 e. The summed E-state index contributed by atoms with van der Waals surface area (Å²) in [5, 5.41) is 8.97. The van der Waals surface area contributed by atoms with Crippen LogP contribution in [-0.2, 0) is 0 Å². The molecule has 7 heteroatoms. The quantitative estimate of drug-likeness (QED) is 0.648. The highest BCUT2D eigenvalue weighted by molar-refractivity contribution is 7.80. The first-order valence-electron chi connectivity index (χ1n) is 5.89. The Morgan fingerprint density at radius 2 is 2.21 bits per heavy atom. The molecule has 1 aliphatic rings. The number of rotatable bonds is 2. The number of anilines is 1. The molecule has 1 fully saturated rings. The van der Waals surface area contributed by atoms with Crippen LogP contribution in [0.1, 0.15) is 12.8 Å². The second-order valence-corrected chi connectivity index (χ2v) is 5.22. The smallest absolute Gasteiger partial charge is 0.174 e. The van der Waals surface area contributed by atoms with Gasteiger partial charge in [-0.15, -0.1) is 0 Å². The molecule has 0 aromatic heterocycles. The fourth-order valence-electron chi connectivity index (χ4n) is 1.84. The van der Waals surface area contributed by atoms with Gasteiger partial charge in [0.05, 0.1) is 15.7 Å². The molecule has 0 amide bonds. The van der Waals surface area contributed by atoms with E-state index in [2.05, 4.69) is 15.8 Å². The summed E-state index contributed by atoms with van der Waals surface area (Å²) in [5.74, 6) is 0.899. The largest absolute Gasteiger partial charge is 0.365 e. The Bertz CT molecular complexity index is 518. The van der Waals surface area contributed by atoms with E-state index in [1.165, 1.54) is 0 Å². The average Bonchev–Trinajstić information content (AvgIpc) is 2.88. The van der Waals surface area contributed by atoms with E-state index >= 15 is 0 Å². The number of thiocarbonyl (C=S) groups is 1. The molecule has 0 aliphatic carbocycles. The molecule has 19 heavy (non-hydrogen) atoms. The first-order valence-corrected chi connectivity index (χ1v) is 7.05. The van der Waals surface area contributed by atoms with Gasteiger partial charge >= 0.3 is 0 Å². The summed E-state index contributed by atoms with van der Waals surface area (Å²) in [5.41, 5.74) is 3.63. The van der Waals surface area contributed by atoms with Gasteiger partial charge in [-0.3, -0.25) is 5.43 Å². The molecule has 1 saturated heterocycles. The molecule has 102 valence electrons. The second-order valence-electron chi connectivity index (χ2n) is 4.05. The number of nitrogens with zero attached hydrogens (tertiary/aromatic N) is 2. The van der Waals surface area contributed by atoms with Crippen molar-refractivity contribution >= 4 is 52.1 Å². The van der Waals surface area contributed by atoms with Crippen LogP contribution >= 0.6 is 35.4 Å². The van der Waals surface area contributed by atoms with E-state index in [1.54, 1.807) is 13.1 Å². The van der Waals surface area contributed by atoms with Crippen LogP contribution in [-0.4, -0.2) is 29.4 Å². The average molecular weight is 317 g/mol. The topological polar surface area (TPSA) is 39.7 Å². The third kappa shape index (κ3) is 3.29. The van der Waals surface area contributed by atoms with Gasteiger partial charge in [0.2, 0.25) is 0 Å². The normalized spacial score (nSPS) is 16.8. The highest BCUT2D eigenvalue weighted by atomic mass is 35.5. The number of hydrogen-bond acceptors (Lipinski definition) is 3. The van der Waals surface area contributed by atoms with Gasteiger partial charge in [0, 0.05) is 20.0 Å². The molecule has 0 saturated carbocycles. The molecule has 1 heterocycles. The van der Waals surface area contributed by atoms with Crippen molar-refractivity contribution in [3.05, 3.63) is 28.2 Å². The lowest BCUT2D eigenvalue weighted by Gasteiger charge is -2.19. The van der Waals surface area contributed by atoms with Crippen molar-refractivity contribution in [1.29, 1.82) is 0 Å². The number of benzene rings is 1. The van der Waals surface area contributed by atoms with Gasteiger partial charge in [0.1, 0.15) is 5.84 Å². The van der Waals surface area contributed by atoms with Crippen molar-refractivity contribution < 1.29 is 0 Å². The van der Waals surface area contributed by atoms with Crippen LogP contribution in [0.5, 0.6) is 0 Å². The molecule has 1 aliphatic heterocycles. The number of likely N-dealkylation sites (tertiary alicyclic amines) is 1. The van der Waals surface area contributed by atoms with E-state index < -0.39 is 0 Å². The Balaban J connectivity index is 2.13. The molecule has 1 aromatic rings. The summed E-state index contributed by atoms with van der Waals surface area (Å²) < 4.78 is 0. The fraction of sp³-hybridized carbons (Fsp3) is 0.333. The molecule has 2 rings (SSSR count). The lowest BCUT2D eigenvalue weighted by atomic mass is 10.3. The zero-order valence-corrected chi connectivity index (χ0v) is 12.7. The molecule has 0 bridgehead atoms. The Morgan fingerprint density at radius 1 is 1.42 bits per heavy atom. The number of hydrazone groups is 1. The molecular formula is C12H14Cl2N4S. The maximum Gasteiger partial charge on any atom is 0.174 e. The molecule has 2 N–H and O–H groups in total. The number of hydrogen-bond donors (Lipinski definition) is 2. The third-order valence-electron chi connectivity index (χ3n) is 2.81. The maximum atomic E-state index is 6.09. The Morgan fingerprint density at radius 3 is 2.95 bits per heavy atom. The molecule has 0 unspecified atom stereocenters. The van der Waals surface area contributed by atoms with Gasteiger partial charge in [-0.25, -0.2) is 0 Å². The van der Waals surface area contributed by atoms with Crippen molar-refractivity contribution in [2.24, 2.45) is 5.10 Å². The zero-order chi connectivity index (χ0) is 13.8. The molecule has 0 spiro atoms. The standard InChI is InChI=1S/C12H14Cl2N4S/c1-15-12(19)18-7-3-6-10(18)17-16-9-5-2-4-8(13)11(9)14/h2,4-5,16H,3,6-7H2,1H3,(H,15,19). The van der Waals surface area contributed by atoms with E-state index in [-0.39, 0.29) is 0 Å². The number of nitrogens with one attached hydrogen (secondary N) is 2. The van der Waals surface area contributed by atoms with Crippen molar-refractivity contribution in [3.8, 4) is 0 Å². The number of halogens is 2. The Kier molecular flexibility index (Phi) is 4.85. The van der Waals surface area contributed by atoms with Crippen LogP contribution in [0.3, 0.4) is 0 Å². The lowest BCUT2D eigenvalue weighted by Crippen LogP contribution is -2.38. The summed E-state index contributed by atoms with van der Waals surface area (Å²) in [4.78, 5) is 1.97. The van der Waals surface area contributed by atoms with E-state index in [9.17, 15) is 0 Å². The van der Waals surface area contributed by atoms with Crippen LogP contribution in [0, 0.1) is 0 Å². The monoisotopic (exact) mass is 316 g/mol. The third-order valence-corrected chi connectivity index (χ3v) is 4.05. The first-order chi connectivity index (χ1) is 9.13. The van der Waals surface area contributed by atoms with E-state index in [1.807, 2.05) is 17.0 Å². The summed E-state index contributed by atoms with van der Waals surface area (Å²) in [6.45, 7) is 0.878. The van der Waals surface area contributed by atoms with Crippen LogP contribution in [0.25, 0.3) is 0 Å². The number of amidine groups is 1. The van der Waals surface area contributed by atoms with Crippen LogP contribution in [0.15, 0.2) is 23.3 Å². The van der Waals surface area contributed by atoms with Crippen molar-refractivity contribution in [2.45, 2.75) is 12.8 Å². The van der Waals surface area contributed by atoms with Crippen LogP contribution in [0.4, 0.5) is 5.69 Å². The van der Waals surface area contributed by atoms with Gasteiger partial charge in [-0.2, -0.15) is 5.10 Å². The highest BCUT2D eigenvalue weighted by Crippen LogP contribution is 2.29. The van der Waals surface area contributed by atoms with Gasteiger partial charge in [0.25, 0.3) is 0 Å². The summed E-state index contributed by atoms with van der Waals surface area (Å²) >= 11 is 17.3. The van der Waals surface area contributed by atoms with Crippen molar-refractivity contribution in [3.63, 3.8) is 0 Å². The fourth-order valence-corrected chi connectivity index (χ4v) is 2.38. The predicted octanol–water partition coefficient (Wildman–Crippen LogP) is 3.32. The van der Waals surface area contributed by atoms with E-state index in [0.29, 0.717) is 20.8 Å². The van der Waals surface area contributed by atoms with Crippen molar-refractivity contribution in [1.82, 2.24) is 10.2 Å². The molecule has 0 radical (unpaired) electrons.